The van der Waals surface area contributed by atoms with Crippen molar-refractivity contribution in [1.82, 2.24) is 0 Å². The summed E-state index contributed by atoms with van der Waals surface area (Å²) in [7, 11) is -4.41. The van der Waals surface area contributed by atoms with Crippen molar-refractivity contribution in [2.75, 3.05) is 10.0 Å². The van der Waals surface area contributed by atoms with Crippen LogP contribution in [0.1, 0.15) is 20.7 Å². The smallest absolute Gasteiger partial charge is 0.335 e. The van der Waals surface area contributed by atoms with E-state index >= 15 is 0 Å². The van der Waals surface area contributed by atoms with Gasteiger partial charge in [-0.3, -0.25) is 9.52 Å². The predicted octanol–water partition coefficient (Wildman–Crippen LogP) is 3.58. The average Bonchev–Trinajstić information content (AvgIpc) is 2.68. The van der Waals surface area contributed by atoms with Crippen molar-refractivity contribution in [3.8, 4) is 0 Å². The number of aromatic carboxylic acids is 1. The highest BCUT2D eigenvalue weighted by molar-refractivity contribution is 7.92. The normalized spacial score (nSPS) is 10.9. The summed E-state index contributed by atoms with van der Waals surface area (Å²) >= 11 is 0. The Labute approximate surface area is 165 Å². The Bertz CT molecular complexity index is 1180. The maximum atomic E-state index is 14.2. The zero-order valence-corrected chi connectivity index (χ0v) is 15.6. The summed E-state index contributed by atoms with van der Waals surface area (Å²) in [6.45, 7) is 0. The lowest BCUT2D eigenvalue weighted by Crippen LogP contribution is -2.17. The van der Waals surface area contributed by atoms with E-state index in [-0.39, 0.29) is 16.8 Å². The Kier molecular flexibility index (Phi) is 5.60. The summed E-state index contributed by atoms with van der Waals surface area (Å²) in [5, 5.41) is 11.6. The molecular weight excluding hydrogens is 399 g/mol. The van der Waals surface area contributed by atoms with Crippen LogP contribution in [0.2, 0.25) is 0 Å². The molecule has 0 fully saturated rings. The van der Waals surface area contributed by atoms with Gasteiger partial charge in [0.15, 0.2) is 0 Å². The third-order valence-electron chi connectivity index (χ3n) is 3.88. The highest BCUT2D eigenvalue weighted by atomic mass is 32.2. The largest absolute Gasteiger partial charge is 0.478 e. The molecule has 0 aliphatic rings. The molecule has 0 saturated carbocycles. The van der Waals surface area contributed by atoms with Gasteiger partial charge in [0.25, 0.3) is 15.9 Å². The maximum Gasteiger partial charge on any atom is 0.335 e. The number of anilines is 2. The molecule has 0 aliphatic heterocycles. The van der Waals surface area contributed by atoms with Crippen molar-refractivity contribution in [2.45, 2.75) is 4.90 Å². The van der Waals surface area contributed by atoms with E-state index in [0.717, 1.165) is 24.3 Å². The first-order valence-electron chi connectivity index (χ1n) is 8.28. The minimum absolute atomic E-state index is 0.0524. The summed E-state index contributed by atoms with van der Waals surface area (Å²) in [6.07, 6.45) is 0. The van der Waals surface area contributed by atoms with Gasteiger partial charge < -0.3 is 10.4 Å². The first kappa shape index (κ1) is 20.0. The lowest BCUT2D eigenvalue weighted by atomic mass is 10.2. The summed E-state index contributed by atoms with van der Waals surface area (Å²) < 4.78 is 41.6. The molecule has 0 radical (unpaired) electrons. The number of halogens is 1. The number of benzene rings is 3. The predicted molar refractivity (Wildman–Crippen MR) is 105 cm³/mol. The molecule has 3 aromatic rings. The molecule has 0 saturated heterocycles. The van der Waals surface area contributed by atoms with Gasteiger partial charge >= 0.3 is 5.97 Å². The third-order valence-corrected chi connectivity index (χ3v) is 5.27. The molecule has 7 nitrogen and oxygen atoms in total. The monoisotopic (exact) mass is 414 g/mol. The first-order valence-corrected chi connectivity index (χ1v) is 9.77. The van der Waals surface area contributed by atoms with E-state index in [4.69, 9.17) is 5.11 Å². The third kappa shape index (κ3) is 4.77. The number of hydrogen-bond acceptors (Lipinski definition) is 4. The second-order valence-electron chi connectivity index (χ2n) is 5.96. The SMILES string of the molecule is O=C(O)c1cccc(NS(=O)(=O)c2cc(C(=O)Nc3ccccc3)ccc2F)c1. The highest BCUT2D eigenvalue weighted by Crippen LogP contribution is 2.22. The van der Waals surface area contributed by atoms with Crippen LogP contribution in [0.25, 0.3) is 0 Å². The maximum absolute atomic E-state index is 14.2. The molecule has 0 unspecified atom stereocenters. The van der Waals surface area contributed by atoms with Gasteiger partial charge in [0.05, 0.1) is 5.56 Å². The molecule has 3 aromatic carbocycles. The molecule has 3 N–H and O–H groups in total. The van der Waals surface area contributed by atoms with Gasteiger partial charge in [0.1, 0.15) is 10.7 Å². The molecule has 0 bridgehead atoms. The first-order chi connectivity index (χ1) is 13.8. The highest BCUT2D eigenvalue weighted by Gasteiger charge is 2.22. The second-order valence-corrected chi connectivity index (χ2v) is 7.61. The van der Waals surface area contributed by atoms with Crippen molar-refractivity contribution in [1.29, 1.82) is 0 Å². The van der Waals surface area contributed by atoms with E-state index in [1.54, 1.807) is 30.3 Å². The number of para-hydroxylation sites is 1. The lowest BCUT2D eigenvalue weighted by Gasteiger charge is -2.11. The van der Waals surface area contributed by atoms with Gasteiger partial charge in [0.2, 0.25) is 0 Å². The molecule has 0 aromatic heterocycles. The van der Waals surface area contributed by atoms with Crippen LogP contribution in [0.3, 0.4) is 0 Å². The fourth-order valence-electron chi connectivity index (χ4n) is 2.50. The van der Waals surface area contributed by atoms with Crippen LogP contribution in [0, 0.1) is 5.82 Å². The fourth-order valence-corrected chi connectivity index (χ4v) is 3.66. The minimum Gasteiger partial charge on any atom is -0.478 e. The molecule has 29 heavy (non-hydrogen) atoms. The van der Waals surface area contributed by atoms with Crippen molar-refractivity contribution >= 4 is 33.3 Å². The summed E-state index contributed by atoms with van der Waals surface area (Å²) in [5.74, 6) is -2.90. The molecular formula is C20H15FN2O5S. The van der Waals surface area contributed by atoms with Gasteiger partial charge in [0, 0.05) is 16.9 Å². The van der Waals surface area contributed by atoms with E-state index in [1.165, 1.54) is 18.2 Å². The molecule has 9 heteroatoms. The number of carbonyl (C=O) groups is 2. The van der Waals surface area contributed by atoms with Crippen molar-refractivity contribution in [2.24, 2.45) is 0 Å². The average molecular weight is 414 g/mol. The van der Waals surface area contributed by atoms with Gasteiger partial charge in [-0.25, -0.2) is 17.6 Å². The van der Waals surface area contributed by atoms with Gasteiger partial charge in [-0.15, -0.1) is 0 Å². The zero-order valence-electron chi connectivity index (χ0n) is 14.8. The number of carboxylic acid groups (broad SMARTS) is 1. The van der Waals surface area contributed by atoms with E-state index in [0.29, 0.717) is 5.69 Å². The Morgan fingerprint density at radius 1 is 0.828 bits per heavy atom. The standard InChI is InChI=1S/C20H15FN2O5S/c21-17-10-9-13(19(24)22-15-6-2-1-3-7-15)12-18(17)29(27,28)23-16-8-4-5-14(11-16)20(25)26/h1-12,23H,(H,22,24)(H,25,26). The number of carbonyl (C=O) groups excluding carboxylic acids is 1. The molecule has 0 heterocycles. The van der Waals surface area contributed by atoms with Crippen LogP contribution in [0.4, 0.5) is 15.8 Å². The fraction of sp³-hybridized carbons (Fsp3) is 0. The number of hydrogen-bond donors (Lipinski definition) is 3. The molecule has 0 spiro atoms. The minimum atomic E-state index is -4.41. The number of rotatable bonds is 6. The van der Waals surface area contributed by atoms with Crippen LogP contribution in [-0.2, 0) is 10.0 Å². The van der Waals surface area contributed by atoms with Gasteiger partial charge in [-0.1, -0.05) is 24.3 Å². The number of nitrogens with one attached hydrogen (secondary N) is 2. The zero-order chi connectivity index (χ0) is 21.0. The summed E-state index contributed by atoms with van der Waals surface area (Å²) in [4.78, 5) is 22.7. The molecule has 3 rings (SSSR count). The number of amides is 1. The second kappa shape index (κ2) is 8.11. The molecule has 0 atom stereocenters. The van der Waals surface area contributed by atoms with Crippen molar-refractivity contribution in [3.63, 3.8) is 0 Å². The molecule has 0 aliphatic carbocycles. The molecule has 1 amide bonds. The van der Waals surface area contributed by atoms with Gasteiger partial charge in [-0.05, 0) is 48.5 Å². The van der Waals surface area contributed by atoms with E-state index < -0.39 is 32.6 Å². The quantitative estimate of drug-likeness (QED) is 0.571. The summed E-state index contributed by atoms with van der Waals surface area (Å²) in [6, 6.07) is 16.5. The van der Waals surface area contributed by atoms with Crippen LogP contribution in [0.5, 0.6) is 0 Å². The van der Waals surface area contributed by atoms with Crippen LogP contribution >= 0.6 is 0 Å². The topological polar surface area (TPSA) is 113 Å². The number of carboxylic acids is 1. The Morgan fingerprint density at radius 3 is 2.21 bits per heavy atom. The Morgan fingerprint density at radius 2 is 1.52 bits per heavy atom. The van der Waals surface area contributed by atoms with Crippen LogP contribution < -0.4 is 10.0 Å². The number of sulfonamides is 1. The van der Waals surface area contributed by atoms with E-state index in [9.17, 15) is 22.4 Å². The Hall–Kier alpha value is -3.72. The van der Waals surface area contributed by atoms with E-state index in [2.05, 4.69) is 10.0 Å². The Balaban J connectivity index is 1.89. The van der Waals surface area contributed by atoms with Crippen molar-refractivity contribution in [3.05, 3.63) is 89.7 Å². The van der Waals surface area contributed by atoms with E-state index in [1.807, 2.05) is 0 Å². The van der Waals surface area contributed by atoms with Gasteiger partial charge in [-0.2, -0.15) is 0 Å². The van der Waals surface area contributed by atoms with Crippen LogP contribution in [0.15, 0.2) is 77.7 Å². The lowest BCUT2D eigenvalue weighted by molar-refractivity contribution is 0.0696. The van der Waals surface area contributed by atoms with Crippen LogP contribution in [-0.4, -0.2) is 25.4 Å². The summed E-state index contributed by atoms with van der Waals surface area (Å²) in [5.41, 5.74) is 0.245. The van der Waals surface area contributed by atoms with Crippen molar-refractivity contribution < 1.29 is 27.5 Å². The molecule has 148 valence electrons.